The van der Waals surface area contributed by atoms with Gasteiger partial charge in [-0.05, 0) is 57.6 Å². The molecule has 21 heavy (non-hydrogen) atoms. The molecular weight excluding hydrogens is 273 g/mol. The normalized spacial score (nSPS) is 19.6. The zero-order valence-corrected chi connectivity index (χ0v) is 13.0. The third-order valence-corrected chi connectivity index (χ3v) is 4.24. The van der Waals surface area contributed by atoms with E-state index in [4.69, 9.17) is 9.31 Å². The van der Waals surface area contributed by atoms with Gasteiger partial charge in [0.2, 0.25) is 0 Å². The van der Waals surface area contributed by atoms with Gasteiger partial charge in [0.15, 0.2) is 0 Å². The zero-order chi connectivity index (χ0) is 15.7. The predicted molar refractivity (Wildman–Crippen MR) is 80.8 cm³/mol. The lowest BCUT2D eigenvalue weighted by atomic mass is 9.79. The Bertz CT molecular complexity index is 504. The first-order valence-corrected chi connectivity index (χ1v) is 7.17. The first-order valence-electron chi connectivity index (χ1n) is 7.17. The quantitative estimate of drug-likeness (QED) is 0.788. The Morgan fingerprint density at radius 2 is 1.57 bits per heavy atom. The van der Waals surface area contributed by atoms with E-state index >= 15 is 0 Å². The van der Waals surface area contributed by atoms with E-state index in [0.717, 1.165) is 17.1 Å². The van der Waals surface area contributed by atoms with Crippen LogP contribution < -0.4 is 5.46 Å². The molecule has 1 aromatic rings. The molecule has 0 N–H and O–H groups in total. The Balaban J connectivity index is 2.02. The summed E-state index contributed by atoms with van der Waals surface area (Å²) in [6, 6.07) is 7.74. The highest BCUT2D eigenvalue weighted by molar-refractivity contribution is 6.62. The van der Waals surface area contributed by atoms with E-state index < -0.39 is 6.08 Å². The van der Waals surface area contributed by atoms with Crippen LogP contribution in [0, 0.1) is 0 Å². The zero-order valence-electron chi connectivity index (χ0n) is 13.0. The van der Waals surface area contributed by atoms with Gasteiger partial charge in [-0.2, -0.15) is 8.78 Å². The number of allylic oxidation sites excluding steroid dienone is 1. The monoisotopic (exact) mass is 294 g/mol. The van der Waals surface area contributed by atoms with E-state index in [1.54, 1.807) is 0 Å². The summed E-state index contributed by atoms with van der Waals surface area (Å²) < 4.78 is 35.9. The van der Waals surface area contributed by atoms with Gasteiger partial charge in [-0.3, -0.25) is 0 Å². The minimum atomic E-state index is -1.62. The highest BCUT2D eigenvalue weighted by Crippen LogP contribution is 2.36. The SMILES string of the molecule is CC1(C)OB(c2ccc(CCC=C(F)F)cc2)OC1(C)C. The van der Waals surface area contributed by atoms with Crippen LogP contribution in [0.15, 0.2) is 36.4 Å². The Morgan fingerprint density at radius 1 is 1.05 bits per heavy atom. The number of hydrogen-bond donors (Lipinski definition) is 0. The van der Waals surface area contributed by atoms with Crippen LogP contribution >= 0.6 is 0 Å². The van der Waals surface area contributed by atoms with Crippen molar-refractivity contribution in [3.8, 4) is 0 Å². The molecule has 0 radical (unpaired) electrons. The fraction of sp³-hybridized carbons (Fsp3) is 0.500. The smallest absolute Gasteiger partial charge is 0.399 e. The summed E-state index contributed by atoms with van der Waals surface area (Å²) in [5, 5.41) is 0. The molecule has 2 nitrogen and oxygen atoms in total. The Kier molecular flexibility index (Phi) is 4.54. The van der Waals surface area contributed by atoms with Crippen LogP contribution in [-0.4, -0.2) is 18.3 Å². The minimum absolute atomic E-state index is 0.345. The molecule has 0 bridgehead atoms. The van der Waals surface area contributed by atoms with Crippen molar-refractivity contribution in [3.63, 3.8) is 0 Å². The van der Waals surface area contributed by atoms with Crippen molar-refractivity contribution in [2.45, 2.75) is 51.7 Å². The van der Waals surface area contributed by atoms with Gasteiger partial charge in [0.05, 0.1) is 11.2 Å². The molecule has 0 unspecified atom stereocenters. The fourth-order valence-corrected chi connectivity index (χ4v) is 2.17. The van der Waals surface area contributed by atoms with Crippen molar-refractivity contribution in [1.29, 1.82) is 0 Å². The summed E-state index contributed by atoms with van der Waals surface area (Å²) in [6.07, 6.45) is 0.269. The van der Waals surface area contributed by atoms with Gasteiger partial charge in [0.25, 0.3) is 6.08 Å². The first kappa shape index (κ1) is 16.2. The molecule has 1 fully saturated rings. The van der Waals surface area contributed by atoms with Crippen LogP contribution in [0.5, 0.6) is 0 Å². The molecule has 1 heterocycles. The Labute approximate surface area is 125 Å². The number of halogens is 2. The molecule has 0 atom stereocenters. The van der Waals surface area contributed by atoms with Gasteiger partial charge in [0.1, 0.15) is 0 Å². The predicted octanol–water partition coefficient (Wildman–Crippen LogP) is 3.70. The van der Waals surface area contributed by atoms with E-state index in [9.17, 15) is 8.78 Å². The molecule has 0 amide bonds. The van der Waals surface area contributed by atoms with Crippen LogP contribution in [0.3, 0.4) is 0 Å². The summed E-state index contributed by atoms with van der Waals surface area (Å²) in [6.45, 7) is 8.05. The lowest BCUT2D eigenvalue weighted by Gasteiger charge is -2.32. The van der Waals surface area contributed by atoms with E-state index in [1.807, 2.05) is 52.0 Å². The van der Waals surface area contributed by atoms with Crippen molar-refractivity contribution in [3.05, 3.63) is 42.0 Å². The van der Waals surface area contributed by atoms with Gasteiger partial charge in [0, 0.05) is 0 Å². The third-order valence-electron chi connectivity index (χ3n) is 4.24. The Hall–Kier alpha value is -1.20. The molecule has 5 heteroatoms. The van der Waals surface area contributed by atoms with Crippen molar-refractivity contribution in [2.75, 3.05) is 0 Å². The number of benzene rings is 1. The Morgan fingerprint density at radius 3 is 2.05 bits per heavy atom. The topological polar surface area (TPSA) is 18.5 Å². The standard InChI is InChI=1S/C16H21BF2O2/c1-15(2)16(3,4)21-17(20-15)13-10-8-12(9-11-13)6-5-7-14(18)19/h7-11H,5-6H2,1-4H3. The highest BCUT2D eigenvalue weighted by Gasteiger charge is 2.51. The molecular formula is C16H21BF2O2. The molecule has 0 spiro atoms. The number of aryl methyl sites for hydroxylation is 1. The van der Waals surface area contributed by atoms with E-state index in [0.29, 0.717) is 12.8 Å². The lowest BCUT2D eigenvalue weighted by Crippen LogP contribution is -2.41. The average Bonchev–Trinajstić information content (AvgIpc) is 2.59. The largest absolute Gasteiger partial charge is 0.494 e. The molecule has 2 rings (SSSR count). The van der Waals surface area contributed by atoms with Crippen LogP contribution in [-0.2, 0) is 15.7 Å². The van der Waals surface area contributed by atoms with E-state index in [2.05, 4.69) is 0 Å². The minimum Gasteiger partial charge on any atom is -0.399 e. The van der Waals surface area contributed by atoms with Crippen LogP contribution in [0.25, 0.3) is 0 Å². The first-order chi connectivity index (χ1) is 9.71. The maximum Gasteiger partial charge on any atom is 0.494 e. The molecule has 1 aliphatic heterocycles. The second-order valence-electron chi connectivity index (χ2n) is 6.36. The fourth-order valence-electron chi connectivity index (χ4n) is 2.17. The maximum absolute atomic E-state index is 12.0. The second-order valence-corrected chi connectivity index (χ2v) is 6.36. The molecule has 114 valence electrons. The van der Waals surface area contributed by atoms with Gasteiger partial charge in [-0.1, -0.05) is 24.3 Å². The lowest BCUT2D eigenvalue weighted by molar-refractivity contribution is 0.00578. The van der Waals surface area contributed by atoms with Crippen LogP contribution in [0.4, 0.5) is 8.78 Å². The van der Waals surface area contributed by atoms with Crippen molar-refractivity contribution in [1.82, 2.24) is 0 Å². The van der Waals surface area contributed by atoms with Gasteiger partial charge in [-0.15, -0.1) is 0 Å². The van der Waals surface area contributed by atoms with Crippen molar-refractivity contribution in [2.24, 2.45) is 0 Å². The molecule has 1 aliphatic rings. The average molecular weight is 294 g/mol. The van der Waals surface area contributed by atoms with Gasteiger partial charge >= 0.3 is 7.12 Å². The second kappa shape index (κ2) is 5.89. The van der Waals surface area contributed by atoms with E-state index in [1.165, 1.54) is 0 Å². The summed E-state index contributed by atoms with van der Waals surface area (Å²) >= 11 is 0. The summed E-state index contributed by atoms with van der Waals surface area (Å²) in [5.41, 5.74) is 1.25. The highest BCUT2D eigenvalue weighted by atomic mass is 19.3. The number of hydrogen-bond acceptors (Lipinski definition) is 2. The number of rotatable bonds is 4. The summed E-state index contributed by atoms with van der Waals surface area (Å²) in [5.74, 6) is 0. The van der Waals surface area contributed by atoms with Crippen molar-refractivity contribution < 1.29 is 18.1 Å². The molecule has 0 aromatic heterocycles. The third kappa shape index (κ3) is 3.72. The molecule has 0 aliphatic carbocycles. The van der Waals surface area contributed by atoms with E-state index in [-0.39, 0.29) is 18.3 Å². The van der Waals surface area contributed by atoms with Crippen molar-refractivity contribution >= 4 is 12.6 Å². The maximum atomic E-state index is 12.0. The summed E-state index contributed by atoms with van der Waals surface area (Å²) in [4.78, 5) is 0. The van der Waals surface area contributed by atoms with Gasteiger partial charge in [-0.25, -0.2) is 0 Å². The summed E-state index contributed by atoms with van der Waals surface area (Å²) in [7, 11) is -0.382. The molecule has 0 saturated carbocycles. The van der Waals surface area contributed by atoms with Crippen LogP contribution in [0.1, 0.15) is 39.7 Å². The van der Waals surface area contributed by atoms with Gasteiger partial charge < -0.3 is 9.31 Å². The molecule has 1 saturated heterocycles. The molecule has 1 aromatic carbocycles. The van der Waals surface area contributed by atoms with Crippen LogP contribution in [0.2, 0.25) is 0 Å².